The minimum Gasteiger partial charge on any atom is -0.370 e. The molecule has 2 aromatic rings. The van der Waals surface area contributed by atoms with Crippen LogP contribution < -0.4 is 16.4 Å². The van der Waals surface area contributed by atoms with Crippen LogP contribution in [0.15, 0.2) is 30.3 Å². The number of rotatable bonds is 7. The highest BCUT2D eigenvalue weighted by atomic mass is 16.1. The minimum atomic E-state index is 0.171. The van der Waals surface area contributed by atoms with E-state index in [1.807, 2.05) is 30.3 Å². The molecule has 4 bridgehead atoms. The number of amides is 1. The van der Waals surface area contributed by atoms with E-state index in [-0.39, 0.29) is 11.3 Å². The van der Waals surface area contributed by atoms with E-state index >= 15 is 0 Å². The number of fused-ring (bicyclic) bond motifs is 1. The Morgan fingerprint density at radius 3 is 2.48 bits per heavy atom. The Kier molecular flexibility index (Phi) is 4.94. The average molecular weight is 393 g/mol. The highest BCUT2D eigenvalue weighted by Gasteiger charge is 2.51. The van der Waals surface area contributed by atoms with E-state index in [0.717, 1.165) is 53.1 Å². The Morgan fingerprint density at radius 1 is 1.07 bits per heavy atom. The lowest BCUT2D eigenvalue weighted by molar-refractivity contribution is -0.124. The van der Waals surface area contributed by atoms with Crippen LogP contribution in [-0.4, -0.2) is 24.0 Å². The maximum absolute atomic E-state index is 13.0. The number of hydrogen-bond donors (Lipinski definition) is 3. The summed E-state index contributed by atoms with van der Waals surface area (Å²) in [6.07, 6.45) is 9.63. The average Bonchev–Trinajstić information content (AvgIpc) is 2.66. The molecule has 154 valence electrons. The Bertz CT molecular complexity index is 874. The second-order valence-corrected chi connectivity index (χ2v) is 9.78. The van der Waals surface area contributed by atoms with Crippen LogP contribution in [-0.2, 0) is 4.79 Å². The number of benzene rings is 1. The molecule has 0 unspecified atom stereocenters. The van der Waals surface area contributed by atoms with Crippen LogP contribution in [0.2, 0.25) is 0 Å². The molecule has 1 aromatic carbocycles. The van der Waals surface area contributed by atoms with Crippen LogP contribution in [0, 0.1) is 23.2 Å². The fourth-order valence-electron chi connectivity index (χ4n) is 6.72. The Balaban J connectivity index is 1.29. The second-order valence-electron chi connectivity index (χ2n) is 9.78. The first-order valence-electron chi connectivity index (χ1n) is 11.3. The van der Waals surface area contributed by atoms with Gasteiger partial charge in [0.05, 0.1) is 11.2 Å². The first-order valence-corrected chi connectivity index (χ1v) is 11.3. The first-order chi connectivity index (χ1) is 14.1. The van der Waals surface area contributed by atoms with Gasteiger partial charge in [0.1, 0.15) is 5.82 Å². The van der Waals surface area contributed by atoms with E-state index in [9.17, 15) is 4.79 Å². The molecule has 5 nitrogen and oxygen atoms in total. The van der Waals surface area contributed by atoms with Crippen molar-refractivity contribution in [2.45, 2.75) is 51.4 Å². The maximum Gasteiger partial charge on any atom is 0.224 e. The molecule has 4 saturated carbocycles. The van der Waals surface area contributed by atoms with Crippen molar-refractivity contribution < 1.29 is 4.79 Å². The second kappa shape index (κ2) is 7.60. The summed E-state index contributed by atoms with van der Waals surface area (Å²) in [6.45, 7) is 1.48. The zero-order chi connectivity index (χ0) is 19.8. The molecule has 6 rings (SSSR count). The number of carbonyl (C=O) groups is 1. The SMILES string of the molecule is NCCCNc1ccc2c(NC(=O)CC34CC5CC(CC(C5)C3)C4)cccc2n1. The summed E-state index contributed by atoms with van der Waals surface area (Å²) in [7, 11) is 0. The fraction of sp³-hybridized carbons (Fsp3) is 0.583. The number of nitrogens with two attached hydrogens (primary N) is 1. The maximum atomic E-state index is 13.0. The van der Waals surface area contributed by atoms with Crippen LogP contribution in [0.4, 0.5) is 11.5 Å². The molecule has 4 N–H and O–H groups in total. The van der Waals surface area contributed by atoms with Gasteiger partial charge in [0.15, 0.2) is 0 Å². The smallest absolute Gasteiger partial charge is 0.224 e. The van der Waals surface area contributed by atoms with Crippen LogP contribution >= 0.6 is 0 Å². The van der Waals surface area contributed by atoms with Crippen molar-refractivity contribution in [2.24, 2.45) is 28.9 Å². The zero-order valence-electron chi connectivity index (χ0n) is 17.1. The van der Waals surface area contributed by atoms with E-state index in [2.05, 4.69) is 10.6 Å². The molecule has 0 saturated heterocycles. The number of carbonyl (C=O) groups excluding carboxylic acids is 1. The molecule has 4 fully saturated rings. The molecule has 4 aliphatic rings. The lowest BCUT2D eigenvalue weighted by atomic mass is 9.49. The predicted octanol–water partition coefficient (Wildman–Crippen LogP) is 4.54. The van der Waals surface area contributed by atoms with Gasteiger partial charge in [-0.15, -0.1) is 0 Å². The third-order valence-corrected chi connectivity index (χ3v) is 7.39. The highest BCUT2D eigenvalue weighted by molar-refractivity contribution is 6.01. The molecule has 0 aliphatic heterocycles. The minimum absolute atomic E-state index is 0.171. The van der Waals surface area contributed by atoms with Crippen molar-refractivity contribution >= 4 is 28.3 Å². The molecule has 5 heteroatoms. The molecule has 0 spiro atoms. The van der Waals surface area contributed by atoms with E-state index in [1.54, 1.807) is 0 Å². The van der Waals surface area contributed by atoms with Gasteiger partial charge in [-0.1, -0.05) is 6.07 Å². The van der Waals surface area contributed by atoms with Gasteiger partial charge in [-0.2, -0.15) is 0 Å². The molecule has 1 heterocycles. The number of aromatic nitrogens is 1. The van der Waals surface area contributed by atoms with E-state index in [1.165, 1.54) is 38.5 Å². The van der Waals surface area contributed by atoms with Gasteiger partial charge in [-0.3, -0.25) is 4.79 Å². The fourth-order valence-corrected chi connectivity index (χ4v) is 6.72. The van der Waals surface area contributed by atoms with Gasteiger partial charge in [0.25, 0.3) is 0 Å². The third-order valence-electron chi connectivity index (χ3n) is 7.39. The summed E-state index contributed by atoms with van der Waals surface area (Å²) in [4.78, 5) is 17.7. The summed E-state index contributed by atoms with van der Waals surface area (Å²) in [6, 6.07) is 9.99. The standard InChI is InChI=1S/C24H32N4O/c25-7-2-8-26-22-6-5-19-20(27-22)3-1-4-21(19)28-23(29)15-24-12-16-9-17(13-24)11-18(10-16)14-24/h1,3-6,16-18H,2,7-15,25H2,(H,26,27)(H,28,29). The summed E-state index contributed by atoms with van der Waals surface area (Å²) in [5.74, 6) is 3.65. The quantitative estimate of drug-likeness (QED) is 0.604. The number of anilines is 2. The molecule has 1 amide bonds. The van der Waals surface area contributed by atoms with Crippen molar-refractivity contribution in [3.8, 4) is 0 Å². The van der Waals surface area contributed by atoms with Gasteiger partial charge in [-0.05, 0) is 98.9 Å². The largest absolute Gasteiger partial charge is 0.370 e. The van der Waals surface area contributed by atoms with Crippen LogP contribution in [0.25, 0.3) is 10.9 Å². The molecular formula is C24H32N4O. The van der Waals surface area contributed by atoms with Crippen molar-refractivity contribution in [1.29, 1.82) is 0 Å². The van der Waals surface area contributed by atoms with Crippen LogP contribution in [0.5, 0.6) is 0 Å². The molecule has 0 atom stereocenters. The van der Waals surface area contributed by atoms with Crippen molar-refractivity contribution in [3.05, 3.63) is 30.3 Å². The predicted molar refractivity (Wildman–Crippen MR) is 118 cm³/mol. The van der Waals surface area contributed by atoms with E-state index < -0.39 is 0 Å². The first kappa shape index (κ1) is 18.9. The molecule has 4 aliphatic carbocycles. The summed E-state index contributed by atoms with van der Waals surface area (Å²) in [5, 5.41) is 7.52. The van der Waals surface area contributed by atoms with Crippen molar-refractivity contribution in [3.63, 3.8) is 0 Å². The zero-order valence-corrected chi connectivity index (χ0v) is 17.1. The number of nitrogens with one attached hydrogen (secondary N) is 2. The number of pyridine rings is 1. The normalized spacial score (nSPS) is 29.9. The lowest BCUT2D eigenvalue weighted by Crippen LogP contribution is -2.47. The summed E-state index contributed by atoms with van der Waals surface area (Å²) in [5.41, 5.74) is 7.59. The van der Waals surface area contributed by atoms with Gasteiger partial charge < -0.3 is 16.4 Å². The van der Waals surface area contributed by atoms with E-state index in [0.29, 0.717) is 13.0 Å². The Hall–Kier alpha value is -2.14. The van der Waals surface area contributed by atoms with Crippen LogP contribution in [0.3, 0.4) is 0 Å². The van der Waals surface area contributed by atoms with Gasteiger partial charge >= 0.3 is 0 Å². The Morgan fingerprint density at radius 2 is 1.79 bits per heavy atom. The molecule has 1 aromatic heterocycles. The van der Waals surface area contributed by atoms with Crippen molar-refractivity contribution in [1.82, 2.24) is 4.98 Å². The highest BCUT2D eigenvalue weighted by Crippen LogP contribution is 2.61. The topological polar surface area (TPSA) is 80.0 Å². The number of nitrogens with zero attached hydrogens (tertiary/aromatic N) is 1. The summed E-state index contributed by atoms with van der Waals surface area (Å²) >= 11 is 0. The molecule has 29 heavy (non-hydrogen) atoms. The van der Waals surface area contributed by atoms with Gasteiger partial charge in [-0.25, -0.2) is 4.98 Å². The molecular weight excluding hydrogens is 360 g/mol. The van der Waals surface area contributed by atoms with Gasteiger partial charge in [0, 0.05) is 18.4 Å². The van der Waals surface area contributed by atoms with Gasteiger partial charge in [0.2, 0.25) is 5.91 Å². The third kappa shape index (κ3) is 3.85. The summed E-state index contributed by atoms with van der Waals surface area (Å²) < 4.78 is 0. The van der Waals surface area contributed by atoms with Crippen LogP contribution in [0.1, 0.15) is 51.4 Å². The molecule has 0 radical (unpaired) electrons. The van der Waals surface area contributed by atoms with E-state index in [4.69, 9.17) is 10.7 Å². The monoisotopic (exact) mass is 392 g/mol. The lowest BCUT2D eigenvalue weighted by Gasteiger charge is -2.56. The van der Waals surface area contributed by atoms with Crippen molar-refractivity contribution in [2.75, 3.05) is 23.7 Å². The Labute approximate surface area is 172 Å². The number of hydrogen-bond acceptors (Lipinski definition) is 4.